The Balaban J connectivity index is 1.55. The predicted octanol–water partition coefficient (Wildman–Crippen LogP) is 2.79. The van der Waals surface area contributed by atoms with Gasteiger partial charge in [0.1, 0.15) is 18.1 Å². The normalized spacial score (nSPS) is 23.0. The summed E-state index contributed by atoms with van der Waals surface area (Å²) >= 11 is 11.5. The maximum Gasteiger partial charge on any atom is 0.400 e. The standard InChI is InChI=1S/C19H15Cl2F4N5O3/c20-11-3-10(4-12(21)14(11)22)18(19(23,24)25)1-2-30(8-18)17-26-5-9(6-27-17)15(31)28-13-7-33-29-16(13)32/h3-6,13H,1-2,7-8H2,(H,28,31)(H,29,32). The number of nitrogens with zero attached hydrogens (tertiary/aromatic N) is 3. The van der Waals surface area contributed by atoms with Gasteiger partial charge in [-0.05, 0) is 24.1 Å². The Morgan fingerprint density at radius 3 is 2.42 bits per heavy atom. The quantitative estimate of drug-likeness (QED) is 0.488. The van der Waals surface area contributed by atoms with E-state index in [1.54, 1.807) is 0 Å². The van der Waals surface area contributed by atoms with Gasteiger partial charge in [0.15, 0.2) is 5.82 Å². The zero-order chi connectivity index (χ0) is 24.0. The number of alkyl halides is 3. The minimum atomic E-state index is -4.70. The molecular weight excluding hydrogens is 493 g/mol. The highest BCUT2D eigenvalue weighted by atomic mass is 35.5. The fraction of sp³-hybridized carbons (Fsp3) is 0.368. The molecule has 0 spiro atoms. The highest BCUT2D eigenvalue weighted by molar-refractivity contribution is 6.35. The average Bonchev–Trinajstić information content (AvgIpc) is 3.39. The Morgan fingerprint density at radius 1 is 1.24 bits per heavy atom. The fourth-order valence-electron chi connectivity index (χ4n) is 3.74. The molecule has 2 N–H and O–H groups in total. The maximum absolute atomic E-state index is 14.2. The van der Waals surface area contributed by atoms with Crippen LogP contribution in [-0.4, -0.2) is 53.7 Å². The minimum absolute atomic E-state index is 0.0110. The van der Waals surface area contributed by atoms with Gasteiger partial charge in [0.25, 0.3) is 11.8 Å². The first kappa shape index (κ1) is 23.5. The van der Waals surface area contributed by atoms with E-state index >= 15 is 0 Å². The van der Waals surface area contributed by atoms with Crippen molar-refractivity contribution in [3.63, 3.8) is 0 Å². The number of nitrogens with one attached hydrogen (secondary N) is 2. The van der Waals surface area contributed by atoms with Crippen molar-refractivity contribution in [2.45, 2.75) is 24.1 Å². The van der Waals surface area contributed by atoms with Crippen LogP contribution in [0, 0.1) is 5.82 Å². The molecular formula is C19H15Cl2F4N5O3. The summed E-state index contributed by atoms with van der Waals surface area (Å²) < 4.78 is 56.4. The lowest BCUT2D eigenvalue weighted by atomic mass is 9.79. The second kappa shape index (κ2) is 8.58. The summed E-state index contributed by atoms with van der Waals surface area (Å²) in [6.45, 7) is -0.661. The van der Waals surface area contributed by atoms with E-state index in [0.717, 1.165) is 24.5 Å². The highest BCUT2D eigenvalue weighted by Crippen LogP contribution is 2.49. The molecule has 2 atom stereocenters. The van der Waals surface area contributed by atoms with Gasteiger partial charge in [-0.1, -0.05) is 23.2 Å². The molecule has 2 aliphatic heterocycles. The van der Waals surface area contributed by atoms with Gasteiger partial charge in [0.05, 0.1) is 15.6 Å². The first-order valence-corrected chi connectivity index (χ1v) is 10.3. The van der Waals surface area contributed by atoms with Crippen molar-refractivity contribution in [1.29, 1.82) is 0 Å². The van der Waals surface area contributed by atoms with Crippen LogP contribution in [0.25, 0.3) is 0 Å². The second-order valence-corrected chi connectivity index (χ2v) is 8.39. The topological polar surface area (TPSA) is 96.5 Å². The first-order chi connectivity index (χ1) is 15.5. The van der Waals surface area contributed by atoms with Gasteiger partial charge >= 0.3 is 6.18 Å². The molecule has 1 aromatic carbocycles. The number of hydrogen-bond acceptors (Lipinski definition) is 6. The summed E-state index contributed by atoms with van der Waals surface area (Å²) in [6, 6.07) is 0.978. The number of amides is 2. The average molecular weight is 508 g/mol. The van der Waals surface area contributed by atoms with Gasteiger partial charge in [-0.15, -0.1) is 0 Å². The number of carbonyl (C=O) groups is 2. The first-order valence-electron chi connectivity index (χ1n) is 9.53. The van der Waals surface area contributed by atoms with E-state index in [0.29, 0.717) is 0 Å². The Hall–Kier alpha value is -2.70. The van der Waals surface area contributed by atoms with Crippen LogP contribution in [0.3, 0.4) is 0 Å². The molecule has 2 fully saturated rings. The number of aromatic nitrogens is 2. The van der Waals surface area contributed by atoms with E-state index in [1.165, 1.54) is 4.90 Å². The molecule has 4 rings (SSSR count). The summed E-state index contributed by atoms with van der Waals surface area (Å²) in [4.78, 5) is 37.8. The smallest absolute Gasteiger partial charge is 0.340 e. The molecule has 8 nitrogen and oxygen atoms in total. The van der Waals surface area contributed by atoms with Gasteiger partial charge in [0, 0.05) is 25.5 Å². The second-order valence-electron chi connectivity index (χ2n) is 7.58. The Kier molecular flexibility index (Phi) is 6.10. The van der Waals surface area contributed by atoms with Crippen LogP contribution in [0.1, 0.15) is 22.3 Å². The Labute approximate surface area is 194 Å². The Bertz CT molecular complexity index is 1080. The van der Waals surface area contributed by atoms with Crippen LogP contribution in [0.4, 0.5) is 23.5 Å². The van der Waals surface area contributed by atoms with Crippen molar-refractivity contribution < 1.29 is 32.0 Å². The van der Waals surface area contributed by atoms with Crippen molar-refractivity contribution in [3.05, 3.63) is 51.5 Å². The molecule has 2 saturated heterocycles. The van der Waals surface area contributed by atoms with Crippen molar-refractivity contribution in [3.8, 4) is 0 Å². The molecule has 0 saturated carbocycles. The number of benzene rings is 1. The molecule has 33 heavy (non-hydrogen) atoms. The van der Waals surface area contributed by atoms with Crippen molar-refractivity contribution in [1.82, 2.24) is 20.8 Å². The summed E-state index contributed by atoms with van der Waals surface area (Å²) in [5, 5.41) is 1.42. The SMILES string of the molecule is O=C(NC1CONC1=O)c1cnc(N2CCC(c3cc(Cl)c(F)c(Cl)c3)(C(F)(F)F)C2)nc1. The largest absolute Gasteiger partial charge is 0.400 e. The van der Waals surface area contributed by atoms with Crippen LogP contribution in [-0.2, 0) is 15.0 Å². The van der Waals surface area contributed by atoms with Crippen LogP contribution in [0.5, 0.6) is 0 Å². The number of hydroxylamine groups is 1. The zero-order valence-corrected chi connectivity index (χ0v) is 18.1. The van der Waals surface area contributed by atoms with E-state index in [1.807, 2.05) is 0 Å². The molecule has 2 aliphatic rings. The summed E-state index contributed by atoms with van der Waals surface area (Å²) in [5.41, 5.74) is -0.528. The van der Waals surface area contributed by atoms with E-state index in [2.05, 4.69) is 20.8 Å². The van der Waals surface area contributed by atoms with Gasteiger partial charge in [-0.25, -0.2) is 19.8 Å². The van der Waals surface area contributed by atoms with Crippen molar-refractivity contribution in [2.24, 2.45) is 0 Å². The fourth-order valence-corrected chi connectivity index (χ4v) is 4.22. The monoisotopic (exact) mass is 507 g/mol. The summed E-state index contributed by atoms with van der Waals surface area (Å²) in [6.07, 6.45) is -2.78. The van der Waals surface area contributed by atoms with Gasteiger partial charge in [-0.2, -0.15) is 13.2 Å². The maximum atomic E-state index is 14.2. The number of hydrogen-bond donors (Lipinski definition) is 2. The molecule has 14 heteroatoms. The zero-order valence-electron chi connectivity index (χ0n) is 16.5. The van der Waals surface area contributed by atoms with E-state index in [4.69, 9.17) is 28.0 Å². The van der Waals surface area contributed by atoms with Crippen molar-refractivity contribution in [2.75, 3.05) is 24.6 Å². The van der Waals surface area contributed by atoms with Crippen LogP contribution >= 0.6 is 23.2 Å². The van der Waals surface area contributed by atoms with Crippen LogP contribution < -0.4 is 15.7 Å². The highest BCUT2D eigenvalue weighted by Gasteiger charge is 2.59. The number of anilines is 1. The van der Waals surface area contributed by atoms with Crippen molar-refractivity contribution >= 4 is 41.0 Å². The molecule has 176 valence electrons. The molecule has 0 radical (unpaired) electrons. The van der Waals surface area contributed by atoms with Gasteiger partial charge < -0.3 is 10.2 Å². The number of carbonyl (C=O) groups excluding carboxylic acids is 2. The lowest BCUT2D eigenvalue weighted by Crippen LogP contribution is -2.45. The molecule has 1 aromatic heterocycles. The lowest BCUT2D eigenvalue weighted by molar-refractivity contribution is -0.184. The number of rotatable bonds is 4. The Morgan fingerprint density at radius 2 is 1.88 bits per heavy atom. The molecule has 2 aromatic rings. The van der Waals surface area contributed by atoms with Gasteiger partial charge in [-0.3, -0.25) is 14.4 Å². The molecule has 0 bridgehead atoms. The molecule has 0 aliphatic carbocycles. The van der Waals surface area contributed by atoms with E-state index in [-0.39, 0.29) is 36.6 Å². The molecule has 3 heterocycles. The predicted molar refractivity (Wildman–Crippen MR) is 108 cm³/mol. The third-order valence-corrected chi connectivity index (χ3v) is 6.13. The van der Waals surface area contributed by atoms with E-state index < -0.39 is 51.9 Å². The van der Waals surface area contributed by atoms with E-state index in [9.17, 15) is 27.2 Å². The lowest BCUT2D eigenvalue weighted by Gasteiger charge is -2.32. The summed E-state index contributed by atoms with van der Waals surface area (Å²) in [5.74, 6) is -2.18. The number of halogens is 6. The molecule has 2 unspecified atom stereocenters. The minimum Gasteiger partial charge on any atom is -0.340 e. The third-order valence-electron chi connectivity index (χ3n) is 5.58. The summed E-state index contributed by atoms with van der Waals surface area (Å²) in [7, 11) is 0. The molecule has 2 amide bonds. The van der Waals surface area contributed by atoms with Crippen LogP contribution in [0.15, 0.2) is 24.5 Å². The van der Waals surface area contributed by atoms with Crippen LogP contribution in [0.2, 0.25) is 10.0 Å². The van der Waals surface area contributed by atoms with Gasteiger partial charge in [0.2, 0.25) is 5.95 Å². The third kappa shape index (κ3) is 4.30.